The average Bonchev–Trinajstić information content (AvgIpc) is 1.97. The van der Waals surface area contributed by atoms with Crippen LogP contribution in [0.5, 0.6) is 0 Å². The van der Waals surface area contributed by atoms with E-state index in [4.69, 9.17) is 9.84 Å². The quantitative estimate of drug-likeness (QED) is 0.539. The molecule has 0 aliphatic carbocycles. The van der Waals surface area contributed by atoms with E-state index in [-0.39, 0.29) is 5.95 Å². The molecular formula is C7H12O2. The van der Waals surface area contributed by atoms with E-state index < -0.39 is 0 Å². The zero-order chi connectivity index (χ0) is 6.69. The van der Waals surface area contributed by atoms with Crippen LogP contribution in [0.15, 0.2) is 12.0 Å². The van der Waals surface area contributed by atoms with Crippen molar-refractivity contribution in [3.8, 4) is 0 Å². The predicted molar refractivity (Wildman–Crippen MR) is 35.1 cm³/mol. The predicted octanol–water partition coefficient (Wildman–Crippen LogP) is 1.83. The Balaban J connectivity index is 2.39. The number of hydrogen-bond acceptors (Lipinski definition) is 2. The van der Waals surface area contributed by atoms with E-state index in [1.165, 1.54) is 0 Å². The number of ether oxygens (including phenoxy) is 1. The van der Waals surface area contributed by atoms with Gasteiger partial charge in [0.15, 0.2) is 0 Å². The molecule has 1 aliphatic heterocycles. The summed E-state index contributed by atoms with van der Waals surface area (Å²) in [5.41, 5.74) is 0. The standard InChI is InChI=1S/C7H12O2/c1-6-3-2-4-7(8)9-5-6/h4,6,8H,2-3,5H2,1H3. The number of aliphatic hydroxyl groups is 1. The topological polar surface area (TPSA) is 29.5 Å². The average molecular weight is 128 g/mol. The summed E-state index contributed by atoms with van der Waals surface area (Å²) >= 11 is 0. The van der Waals surface area contributed by atoms with Crippen LogP contribution >= 0.6 is 0 Å². The van der Waals surface area contributed by atoms with Crippen molar-refractivity contribution in [3.63, 3.8) is 0 Å². The van der Waals surface area contributed by atoms with Gasteiger partial charge in [-0.25, -0.2) is 0 Å². The summed E-state index contributed by atoms with van der Waals surface area (Å²) in [5.74, 6) is 0.672. The van der Waals surface area contributed by atoms with Crippen LogP contribution in [0.1, 0.15) is 19.8 Å². The first kappa shape index (κ1) is 6.46. The second-order valence-electron chi connectivity index (χ2n) is 2.54. The first-order valence-electron chi connectivity index (χ1n) is 3.31. The number of hydrogen-bond donors (Lipinski definition) is 1. The highest BCUT2D eigenvalue weighted by Gasteiger charge is 2.07. The van der Waals surface area contributed by atoms with Gasteiger partial charge in [0.2, 0.25) is 0 Å². The molecule has 2 heteroatoms. The van der Waals surface area contributed by atoms with Crippen molar-refractivity contribution in [1.82, 2.24) is 0 Å². The van der Waals surface area contributed by atoms with Crippen LogP contribution in [-0.2, 0) is 4.74 Å². The van der Waals surface area contributed by atoms with Gasteiger partial charge in [-0.1, -0.05) is 6.92 Å². The summed E-state index contributed by atoms with van der Waals surface area (Å²) in [6.07, 6.45) is 3.78. The van der Waals surface area contributed by atoms with Crippen LogP contribution < -0.4 is 0 Å². The van der Waals surface area contributed by atoms with E-state index in [0.29, 0.717) is 12.5 Å². The van der Waals surface area contributed by atoms with Gasteiger partial charge in [-0.05, 0) is 24.8 Å². The van der Waals surface area contributed by atoms with Gasteiger partial charge < -0.3 is 9.84 Å². The molecule has 0 saturated carbocycles. The number of rotatable bonds is 0. The Labute approximate surface area is 55.1 Å². The lowest BCUT2D eigenvalue weighted by Crippen LogP contribution is -2.01. The second kappa shape index (κ2) is 2.76. The minimum absolute atomic E-state index is 0.0966. The molecule has 0 saturated heterocycles. The first-order valence-corrected chi connectivity index (χ1v) is 3.31. The lowest BCUT2D eigenvalue weighted by molar-refractivity contribution is 0.0783. The van der Waals surface area contributed by atoms with Crippen LogP contribution in [0.4, 0.5) is 0 Å². The summed E-state index contributed by atoms with van der Waals surface area (Å²) in [5, 5.41) is 8.85. The largest absolute Gasteiger partial charge is 0.481 e. The molecule has 0 aromatic rings. The third-order valence-electron chi connectivity index (χ3n) is 1.49. The van der Waals surface area contributed by atoms with Gasteiger partial charge in [0.1, 0.15) is 0 Å². The van der Waals surface area contributed by atoms with Gasteiger partial charge in [0, 0.05) is 0 Å². The van der Waals surface area contributed by atoms with Crippen molar-refractivity contribution in [1.29, 1.82) is 0 Å². The zero-order valence-electron chi connectivity index (χ0n) is 5.63. The number of aliphatic hydroxyl groups excluding tert-OH is 1. The molecule has 1 unspecified atom stereocenters. The van der Waals surface area contributed by atoms with Crippen molar-refractivity contribution >= 4 is 0 Å². The monoisotopic (exact) mass is 128 g/mol. The Morgan fingerprint density at radius 3 is 3.33 bits per heavy atom. The Morgan fingerprint density at radius 1 is 1.78 bits per heavy atom. The van der Waals surface area contributed by atoms with E-state index in [1.807, 2.05) is 0 Å². The van der Waals surface area contributed by atoms with Crippen LogP contribution in [-0.4, -0.2) is 11.7 Å². The van der Waals surface area contributed by atoms with E-state index in [0.717, 1.165) is 12.8 Å². The van der Waals surface area contributed by atoms with Crippen molar-refractivity contribution < 1.29 is 9.84 Å². The van der Waals surface area contributed by atoms with Gasteiger partial charge >= 0.3 is 0 Å². The third kappa shape index (κ3) is 1.96. The van der Waals surface area contributed by atoms with Gasteiger partial charge in [-0.3, -0.25) is 0 Å². The molecule has 1 N–H and O–H groups in total. The summed E-state index contributed by atoms with van der Waals surface area (Å²) in [4.78, 5) is 0. The van der Waals surface area contributed by atoms with E-state index in [1.54, 1.807) is 6.08 Å². The molecule has 0 radical (unpaired) electrons. The fraction of sp³-hybridized carbons (Fsp3) is 0.714. The normalized spacial score (nSPS) is 28.1. The fourth-order valence-corrected chi connectivity index (χ4v) is 0.861. The smallest absolute Gasteiger partial charge is 0.272 e. The fourth-order valence-electron chi connectivity index (χ4n) is 0.861. The summed E-state index contributed by atoms with van der Waals surface area (Å²) < 4.78 is 4.93. The SMILES string of the molecule is CC1CCC=C(O)OC1. The summed E-state index contributed by atoms with van der Waals surface area (Å²) in [6, 6.07) is 0. The molecule has 0 bridgehead atoms. The molecule has 52 valence electrons. The van der Waals surface area contributed by atoms with Gasteiger partial charge in [-0.2, -0.15) is 0 Å². The first-order chi connectivity index (χ1) is 4.29. The van der Waals surface area contributed by atoms with Gasteiger partial charge in [0.05, 0.1) is 6.61 Å². The lowest BCUT2D eigenvalue weighted by Gasteiger charge is -2.05. The Bertz CT molecular complexity index is 118. The van der Waals surface area contributed by atoms with Gasteiger partial charge in [-0.15, -0.1) is 0 Å². The molecule has 1 heterocycles. The maximum atomic E-state index is 8.85. The van der Waals surface area contributed by atoms with Crippen molar-refractivity contribution in [2.45, 2.75) is 19.8 Å². The van der Waals surface area contributed by atoms with E-state index in [2.05, 4.69) is 6.92 Å². The Hall–Kier alpha value is -0.660. The maximum absolute atomic E-state index is 8.85. The molecular weight excluding hydrogens is 116 g/mol. The van der Waals surface area contributed by atoms with Crippen molar-refractivity contribution in [3.05, 3.63) is 12.0 Å². The third-order valence-corrected chi connectivity index (χ3v) is 1.49. The van der Waals surface area contributed by atoms with Crippen molar-refractivity contribution in [2.75, 3.05) is 6.61 Å². The Kier molecular flexibility index (Phi) is 1.98. The molecule has 0 spiro atoms. The summed E-state index contributed by atoms with van der Waals surface area (Å²) in [6.45, 7) is 2.77. The van der Waals surface area contributed by atoms with Crippen LogP contribution in [0.3, 0.4) is 0 Å². The minimum atomic E-state index is 0.0966. The van der Waals surface area contributed by atoms with Crippen LogP contribution in [0.25, 0.3) is 0 Å². The van der Waals surface area contributed by atoms with E-state index in [9.17, 15) is 0 Å². The van der Waals surface area contributed by atoms with Crippen LogP contribution in [0.2, 0.25) is 0 Å². The Morgan fingerprint density at radius 2 is 2.56 bits per heavy atom. The zero-order valence-corrected chi connectivity index (χ0v) is 5.63. The van der Waals surface area contributed by atoms with Gasteiger partial charge in [0.25, 0.3) is 5.95 Å². The molecule has 0 aromatic heterocycles. The van der Waals surface area contributed by atoms with Crippen molar-refractivity contribution in [2.24, 2.45) is 5.92 Å². The highest BCUT2D eigenvalue weighted by molar-refractivity contribution is 4.84. The summed E-state index contributed by atoms with van der Waals surface area (Å²) in [7, 11) is 0. The number of allylic oxidation sites excluding steroid dienone is 1. The van der Waals surface area contributed by atoms with Crippen LogP contribution in [0, 0.1) is 5.92 Å². The molecule has 1 rings (SSSR count). The van der Waals surface area contributed by atoms with E-state index >= 15 is 0 Å². The molecule has 1 atom stereocenters. The molecule has 0 aromatic carbocycles. The highest BCUT2D eigenvalue weighted by Crippen LogP contribution is 2.13. The minimum Gasteiger partial charge on any atom is -0.481 e. The molecule has 1 aliphatic rings. The molecule has 9 heavy (non-hydrogen) atoms. The second-order valence-corrected chi connectivity index (χ2v) is 2.54. The molecule has 0 fully saturated rings. The molecule has 0 amide bonds. The molecule has 2 nitrogen and oxygen atoms in total. The maximum Gasteiger partial charge on any atom is 0.272 e. The lowest BCUT2D eigenvalue weighted by atomic mass is 10.1. The highest BCUT2D eigenvalue weighted by atomic mass is 16.6.